The van der Waals surface area contributed by atoms with Crippen molar-refractivity contribution >= 4 is 11.3 Å². The molecule has 0 bridgehead atoms. The highest BCUT2D eigenvalue weighted by Crippen LogP contribution is 2.33. The van der Waals surface area contributed by atoms with Crippen molar-refractivity contribution in [3.8, 4) is 0 Å². The molecule has 0 saturated carbocycles. The first-order valence-corrected chi connectivity index (χ1v) is 6.85. The fourth-order valence-corrected chi connectivity index (χ4v) is 3.42. The molecule has 1 aromatic carbocycles. The molecule has 2 aromatic rings. The Balaban J connectivity index is 2.51. The predicted octanol–water partition coefficient (Wildman–Crippen LogP) is 4.12. The van der Waals surface area contributed by atoms with Crippen LogP contribution in [0.3, 0.4) is 0 Å². The van der Waals surface area contributed by atoms with E-state index in [-0.39, 0.29) is 11.9 Å². The minimum absolute atomic E-state index is 0.0661. The van der Waals surface area contributed by atoms with Crippen molar-refractivity contribution in [1.29, 1.82) is 0 Å². The Labute approximate surface area is 112 Å². The summed E-state index contributed by atoms with van der Waals surface area (Å²) in [5.74, 6) is -0.148. The third kappa shape index (κ3) is 2.47. The largest absolute Gasteiger partial charge is 0.309 e. The molecule has 1 heterocycles. The van der Waals surface area contributed by atoms with E-state index in [9.17, 15) is 4.39 Å². The highest BCUT2D eigenvalue weighted by Gasteiger charge is 2.20. The van der Waals surface area contributed by atoms with Crippen LogP contribution in [0.25, 0.3) is 0 Å². The molecular weight excluding hydrogens is 245 g/mol. The van der Waals surface area contributed by atoms with Gasteiger partial charge < -0.3 is 5.32 Å². The molecule has 0 aliphatic rings. The lowest BCUT2D eigenvalue weighted by Gasteiger charge is -2.17. The summed E-state index contributed by atoms with van der Waals surface area (Å²) in [4.78, 5) is 2.45. The normalized spacial score (nSPS) is 12.7. The molecule has 1 nitrogen and oxygen atoms in total. The van der Waals surface area contributed by atoms with E-state index in [0.717, 1.165) is 11.1 Å². The molecule has 0 saturated heterocycles. The number of thiophene rings is 1. The molecular formula is C15H18FNS. The van der Waals surface area contributed by atoms with E-state index >= 15 is 0 Å². The Morgan fingerprint density at radius 1 is 1.17 bits per heavy atom. The van der Waals surface area contributed by atoms with Crippen molar-refractivity contribution in [3.63, 3.8) is 0 Å². The van der Waals surface area contributed by atoms with Crippen molar-refractivity contribution in [2.75, 3.05) is 7.05 Å². The van der Waals surface area contributed by atoms with Gasteiger partial charge in [0.2, 0.25) is 0 Å². The minimum atomic E-state index is -0.148. The minimum Gasteiger partial charge on any atom is -0.309 e. The summed E-state index contributed by atoms with van der Waals surface area (Å²) in [5.41, 5.74) is 3.03. The zero-order valence-electron chi connectivity index (χ0n) is 11.2. The molecule has 1 atom stereocenters. The molecule has 2 rings (SSSR count). The standard InChI is InChI=1S/C15H18FNS/c1-9-5-6-13(16)12(7-9)14(17-4)15-10(2)8-11(3)18-15/h5-8,14,17H,1-4H3. The van der Waals surface area contributed by atoms with Gasteiger partial charge in [0.05, 0.1) is 6.04 Å². The van der Waals surface area contributed by atoms with Gasteiger partial charge in [0.1, 0.15) is 5.82 Å². The summed E-state index contributed by atoms with van der Waals surface area (Å²) < 4.78 is 14.0. The number of benzene rings is 1. The molecule has 0 radical (unpaired) electrons. The quantitative estimate of drug-likeness (QED) is 0.878. The summed E-state index contributed by atoms with van der Waals surface area (Å²) >= 11 is 1.73. The average molecular weight is 263 g/mol. The molecule has 96 valence electrons. The zero-order valence-corrected chi connectivity index (χ0v) is 12.0. The maximum Gasteiger partial charge on any atom is 0.128 e. The van der Waals surface area contributed by atoms with Gasteiger partial charge in [-0.1, -0.05) is 17.7 Å². The third-order valence-corrected chi connectivity index (χ3v) is 4.31. The lowest BCUT2D eigenvalue weighted by molar-refractivity contribution is 0.578. The Morgan fingerprint density at radius 2 is 1.89 bits per heavy atom. The molecule has 0 spiro atoms. The number of hydrogen-bond donors (Lipinski definition) is 1. The van der Waals surface area contributed by atoms with E-state index in [1.165, 1.54) is 15.3 Å². The number of halogens is 1. The second-order valence-electron chi connectivity index (χ2n) is 4.65. The fraction of sp³-hybridized carbons (Fsp3) is 0.333. The van der Waals surface area contributed by atoms with Gasteiger partial charge in [0.15, 0.2) is 0 Å². The van der Waals surface area contributed by atoms with Crippen LogP contribution in [0.2, 0.25) is 0 Å². The highest BCUT2D eigenvalue weighted by atomic mass is 32.1. The SMILES string of the molecule is CNC(c1cc(C)ccc1F)c1sc(C)cc1C. The Hall–Kier alpha value is -1.19. The highest BCUT2D eigenvalue weighted by molar-refractivity contribution is 7.12. The first kappa shape index (κ1) is 13.2. The first-order valence-electron chi connectivity index (χ1n) is 6.03. The zero-order chi connectivity index (χ0) is 13.3. The van der Waals surface area contributed by atoms with Gasteiger partial charge in [-0.15, -0.1) is 11.3 Å². The summed E-state index contributed by atoms with van der Waals surface area (Å²) in [6, 6.07) is 7.36. The van der Waals surface area contributed by atoms with E-state index in [0.29, 0.717) is 0 Å². The maximum atomic E-state index is 14.0. The van der Waals surface area contributed by atoms with Crippen LogP contribution >= 0.6 is 11.3 Å². The molecule has 0 aliphatic heterocycles. The average Bonchev–Trinajstić information content (AvgIpc) is 2.64. The second-order valence-corrected chi connectivity index (χ2v) is 5.94. The first-order chi connectivity index (χ1) is 8.52. The smallest absolute Gasteiger partial charge is 0.128 e. The van der Waals surface area contributed by atoms with Crippen LogP contribution in [-0.2, 0) is 0 Å². The van der Waals surface area contributed by atoms with Crippen molar-refractivity contribution in [1.82, 2.24) is 5.32 Å². The number of nitrogens with one attached hydrogen (secondary N) is 1. The van der Waals surface area contributed by atoms with Gasteiger partial charge >= 0.3 is 0 Å². The van der Waals surface area contributed by atoms with Crippen LogP contribution in [0.15, 0.2) is 24.3 Å². The van der Waals surface area contributed by atoms with Gasteiger partial charge in [0, 0.05) is 15.3 Å². The predicted molar refractivity (Wildman–Crippen MR) is 75.8 cm³/mol. The molecule has 3 heteroatoms. The Kier molecular flexibility index (Phi) is 3.83. The van der Waals surface area contributed by atoms with Gasteiger partial charge in [-0.25, -0.2) is 4.39 Å². The number of hydrogen-bond acceptors (Lipinski definition) is 2. The van der Waals surface area contributed by atoms with Crippen LogP contribution in [0, 0.1) is 26.6 Å². The topological polar surface area (TPSA) is 12.0 Å². The number of aryl methyl sites for hydroxylation is 3. The summed E-state index contributed by atoms with van der Waals surface area (Å²) in [7, 11) is 1.88. The fourth-order valence-electron chi connectivity index (χ4n) is 2.26. The van der Waals surface area contributed by atoms with Crippen LogP contribution in [0.5, 0.6) is 0 Å². The van der Waals surface area contributed by atoms with Gasteiger partial charge in [-0.3, -0.25) is 0 Å². The molecule has 0 amide bonds. The van der Waals surface area contributed by atoms with Crippen LogP contribution < -0.4 is 5.32 Å². The van der Waals surface area contributed by atoms with Gasteiger partial charge in [0.25, 0.3) is 0 Å². The number of rotatable bonds is 3. The van der Waals surface area contributed by atoms with Crippen molar-refractivity contribution in [2.45, 2.75) is 26.8 Å². The Bertz CT molecular complexity index is 560. The lowest BCUT2D eigenvalue weighted by atomic mass is 10.0. The van der Waals surface area contributed by atoms with E-state index < -0.39 is 0 Å². The summed E-state index contributed by atoms with van der Waals surface area (Å²) in [6.07, 6.45) is 0. The van der Waals surface area contributed by atoms with E-state index in [1.54, 1.807) is 23.5 Å². The molecule has 1 unspecified atom stereocenters. The van der Waals surface area contributed by atoms with E-state index in [4.69, 9.17) is 0 Å². The van der Waals surface area contributed by atoms with E-state index in [1.807, 2.05) is 20.0 Å². The molecule has 0 fully saturated rings. The van der Waals surface area contributed by atoms with Crippen molar-refractivity contribution in [2.24, 2.45) is 0 Å². The molecule has 0 aliphatic carbocycles. The van der Waals surface area contributed by atoms with Crippen molar-refractivity contribution in [3.05, 3.63) is 56.5 Å². The second kappa shape index (κ2) is 5.21. The van der Waals surface area contributed by atoms with E-state index in [2.05, 4.69) is 25.2 Å². The molecule has 1 N–H and O–H groups in total. The molecule has 1 aromatic heterocycles. The maximum absolute atomic E-state index is 14.0. The monoisotopic (exact) mass is 263 g/mol. The summed E-state index contributed by atoms with van der Waals surface area (Å²) in [6.45, 7) is 6.15. The van der Waals surface area contributed by atoms with Gasteiger partial charge in [-0.2, -0.15) is 0 Å². The van der Waals surface area contributed by atoms with Crippen LogP contribution in [0.1, 0.15) is 32.5 Å². The Morgan fingerprint density at radius 3 is 2.44 bits per heavy atom. The third-order valence-electron chi connectivity index (χ3n) is 3.09. The van der Waals surface area contributed by atoms with Crippen LogP contribution in [0.4, 0.5) is 4.39 Å². The van der Waals surface area contributed by atoms with Gasteiger partial charge in [-0.05, 0) is 45.5 Å². The molecule has 18 heavy (non-hydrogen) atoms. The van der Waals surface area contributed by atoms with Crippen LogP contribution in [-0.4, -0.2) is 7.05 Å². The van der Waals surface area contributed by atoms with Crippen molar-refractivity contribution < 1.29 is 4.39 Å². The lowest BCUT2D eigenvalue weighted by Crippen LogP contribution is -2.18. The summed E-state index contributed by atoms with van der Waals surface area (Å²) in [5, 5.41) is 3.23.